The largest absolute Gasteiger partial charge is 0.379 e. The minimum Gasteiger partial charge on any atom is -0.379 e. The van der Waals surface area contributed by atoms with E-state index in [4.69, 9.17) is 4.74 Å². The molecule has 2 unspecified atom stereocenters. The lowest BCUT2D eigenvalue weighted by atomic mass is 10.1. The van der Waals surface area contributed by atoms with Crippen LogP contribution < -0.4 is 10.6 Å². The summed E-state index contributed by atoms with van der Waals surface area (Å²) in [5, 5.41) is 6.41. The summed E-state index contributed by atoms with van der Waals surface area (Å²) in [4.78, 5) is 14.6. The van der Waals surface area contributed by atoms with E-state index in [-0.39, 0.29) is 18.1 Å². The topological polar surface area (TPSA) is 53.6 Å². The van der Waals surface area contributed by atoms with Gasteiger partial charge in [0.2, 0.25) is 5.91 Å². The van der Waals surface area contributed by atoms with Gasteiger partial charge in [0, 0.05) is 19.7 Å². The third-order valence-electron chi connectivity index (χ3n) is 3.72. The summed E-state index contributed by atoms with van der Waals surface area (Å²) in [6.07, 6.45) is 3.10. The van der Waals surface area contributed by atoms with Crippen molar-refractivity contribution >= 4 is 5.91 Å². The summed E-state index contributed by atoms with van der Waals surface area (Å²) < 4.78 is 5.41. The minimum atomic E-state index is -0.119. The summed E-state index contributed by atoms with van der Waals surface area (Å²) in [6.45, 7) is 9.99. The standard InChI is InChI=1S/C17H37N3O2/c1-13(2)16(22-7)12-18-17(21)15(19-14(3)4)10-8-9-11-20(5)6/h13-16,19H,8-12H2,1-7H3,(H,18,21). The van der Waals surface area contributed by atoms with E-state index in [0.717, 1.165) is 25.8 Å². The molecule has 0 fully saturated rings. The van der Waals surface area contributed by atoms with Gasteiger partial charge in [-0.1, -0.05) is 34.1 Å². The molecule has 0 aliphatic rings. The monoisotopic (exact) mass is 315 g/mol. The molecule has 0 saturated heterocycles. The molecular formula is C17H37N3O2. The average molecular weight is 316 g/mol. The van der Waals surface area contributed by atoms with E-state index in [1.807, 2.05) is 0 Å². The molecule has 0 aromatic heterocycles. The number of methoxy groups -OCH3 is 1. The normalized spacial score (nSPS) is 14.6. The Morgan fingerprint density at radius 3 is 2.23 bits per heavy atom. The van der Waals surface area contributed by atoms with Crippen molar-refractivity contribution in [1.82, 2.24) is 15.5 Å². The van der Waals surface area contributed by atoms with Crippen LogP contribution in [0, 0.1) is 5.92 Å². The molecule has 22 heavy (non-hydrogen) atoms. The van der Waals surface area contributed by atoms with Crippen LogP contribution in [0.5, 0.6) is 0 Å². The number of ether oxygens (including phenoxy) is 1. The molecule has 0 rings (SSSR count). The average Bonchev–Trinajstić information content (AvgIpc) is 2.41. The van der Waals surface area contributed by atoms with Gasteiger partial charge in [0.1, 0.15) is 0 Å². The Morgan fingerprint density at radius 1 is 1.14 bits per heavy atom. The molecule has 1 amide bonds. The second kappa shape index (κ2) is 11.9. The number of hydrogen-bond acceptors (Lipinski definition) is 4. The first kappa shape index (κ1) is 21.4. The summed E-state index contributed by atoms with van der Waals surface area (Å²) >= 11 is 0. The number of unbranched alkanes of at least 4 members (excludes halogenated alkanes) is 1. The predicted molar refractivity (Wildman–Crippen MR) is 93.1 cm³/mol. The Morgan fingerprint density at radius 2 is 1.77 bits per heavy atom. The molecule has 2 N–H and O–H groups in total. The molecule has 0 spiro atoms. The van der Waals surface area contributed by atoms with Crippen molar-refractivity contribution in [3.8, 4) is 0 Å². The van der Waals surface area contributed by atoms with Gasteiger partial charge >= 0.3 is 0 Å². The molecule has 0 bridgehead atoms. The highest BCUT2D eigenvalue weighted by Gasteiger charge is 2.20. The molecule has 132 valence electrons. The number of nitrogens with one attached hydrogen (secondary N) is 2. The van der Waals surface area contributed by atoms with Crippen LogP contribution in [0.4, 0.5) is 0 Å². The van der Waals surface area contributed by atoms with Gasteiger partial charge in [-0.3, -0.25) is 4.79 Å². The van der Waals surface area contributed by atoms with Crippen LogP contribution in [0.15, 0.2) is 0 Å². The van der Waals surface area contributed by atoms with Crippen LogP contribution in [0.25, 0.3) is 0 Å². The van der Waals surface area contributed by atoms with E-state index in [1.165, 1.54) is 0 Å². The molecule has 5 nitrogen and oxygen atoms in total. The molecule has 0 heterocycles. The fraction of sp³-hybridized carbons (Fsp3) is 0.941. The highest BCUT2D eigenvalue weighted by Crippen LogP contribution is 2.06. The SMILES string of the molecule is COC(CNC(=O)C(CCCCN(C)C)NC(C)C)C(C)C. The molecule has 0 radical (unpaired) electrons. The Balaban J connectivity index is 4.32. The first-order chi connectivity index (χ1) is 10.3. The quantitative estimate of drug-likeness (QED) is 0.540. The number of carbonyl (C=O) groups is 1. The van der Waals surface area contributed by atoms with E-state index >= 15 is 0 Å². The molecule has 0 saturated carbocycles. The van der Waals surface area contributed by atoms with Gasteiger partial charge in [-0.15, -0.1) is 0 Å². The van der Waals surface area contributed by atoms with E-state index in [0.29, 0.717) is 18.5 Å². The minimum absolute atomic E-state index is 0.0670. The molecule has 0 aromatic rings. The summed E-state index contributed by atoms with van der Waals surface area (Å²) in [6, 6.07) is 0.180. The van der Waals surface area contributed by atoms with Crippen molar-refractivity contribution < 1.29 is 9.53 Å². The van der Waals surface area contributed by atoms with Gasteiger partial charge in [0.05, 0.1) is 12.1 Å². The highest BCUT2D eigenvalue weighted by molar-refractivity contribution is 5.81. The Kier molecular flexibility index (Phi) is 11.5. The van der Waals surface area contributed by atoms with E-state index in [1.54, 1.807) is 7.11 Å². The fourth-order valence-electron chi connectivity index (χ4n) is 2.38. The Hall–Kier alpha value is -0.650. The maximum atomic E-state index is 12.4. The first-order valence-corrected chi connectivity index (χ1v) is 8.49. The molecule has 0 aliphatic carbocycles. The summed E-state index contributed by atoms with van der Waals surface area (Å²) in [7, 11) is 5.85. The fourth-order valence-corrected chi connectivity index (χ4v) is 2.38. The number of amides is 1. The van der Waals surface area contributed by atoms with Crippen LogP contribution in [0.2, 0.25) is 0 Å². The van der Waals surface area contributed by atoms with Crippen molar-refractivity contribution in [2.45, 2.75) is 65.1 Å². The zero-order chi connectivity index (χ0) is 17.1. The van der Waals surface area contributed by atoms with Gasteiger partial charge in [0.15, 0.2) is 0 Å². The zero-order valence-corrected chi connectivity index (χ0v) is 15.6. The molecule has 0 aliphatic heterocycles. The lowest BCUT2D eigenvalue weighted by Crippen LogP contribution is -2.49. The number of rotatable bonds is 12. The van der Waals surface area contributed by atoms with Gasteiger partial charge in [-0.2, -0.15) is 0 Å². The lowest BCUT2D eigenvalue weighted by molar-refractivity contribution is -0.124. The first-order valence-electron chi connectivity index (χ1n) is 8.49. The summed E-state index contributed by atoms with van der Waals surface area (Å²) in [5.74, 6) is 0.475. The van der Waals surface area contributed by atoms with Crippen LogP contribution in [0.3, 0.4) is 0 Å². The van der Waals surface area contributed by atoms with Gasteiger partial charge in [-0.05, 0) is 39.4 Å². The summed E-state index contributed by atoms with van der Waals surface area (Å²) in [5.41, 5.74) is 0. The van der Waals surface area contributed by atoms with Crippen molar-refractivity contribution in [3.63, 3.8) is 0 Å². The van der Waals surface area contributed by atoms with Crippen LogP contribution in [-0.2, 0) is 9.53 Å². The van der Waals surface area contributed by atoms with Gasteiger partial charge in [-0.25, -0.2) is 0 Å². The number of nitrogens with zero attached hydrogens (tertiary/aromatic N) is 1. The molecular weight excluding hydrogens is 278 g/mol. The van der Waals surface area contributed by atoms with Gasteiger partial charge in [0.25, 0.3) is 0 Å². The number of hydrogen-bond donors (Lipinski definition) is 2. The predicted octanol–water partition coefficient (Wildman–Crippen LogP) is 1.87. The third kappa shape index (κ3) is 10.1. The van der Waals surface area contributed by atoms with Crippen molar-refractivity contribution in [3.05, 3.63) is 0 Å². The second-order valence-electron chi connectivity index (χ2n) is 6.94. The highest BCUT2D eigenvalue weighted by atomic mass is 16.5. The van der Waals surface area contributed by atoms with Crippen LogP contribution >= 0.6 is 0 Å². The molecule has 2 atom stereocenters. The van der Waals surface area contributed by atoms with Gasteiger partial charge < -0.3 is 20.3 Å². The van der Waals surface area contributed by atoms with Crippen LogP contribution in [0.1, 0.15) is 47.0 Å². The smallest absolute Gasteiger partial charge is 0.237 e. The molecule has 0 aromatic carbocycles. The van der Waals surface area contributed by atoms with E-state index in [2.05, 4.69) is 57.3 Å². The van der Waals surface area contributed by atoms with Crippen molar-refractivity contribution in [2.24, 2.45) is 5.92 Å². The maximum Gasteiger partial charge on any atom is 0.237 e. The lowest BCUT2D eigenvalue weighted by Gasteiger charge is -2.24. The van der Waals surface area contributed by atoms with Crippen molar-refractivity contribution in [2.75, 3.05) is 34.3 Å². The zero-order valence-electron chi connectivity index (χ0n) is 15.6. The third-order valence-corrected chi connectivity index (χ3v) is 3.72. The Bertz CT molecular complexity index is 294. The van der Waals surface area contributed by atoms with E-state index in [9.17, 15) is 4.79 Å². The van der Waals surface area contributed by atoms with E-state index < -0.39 is 0 Å². The van der Waals surface area contributed by atoms with Crippen molar-refractivity contribution in [1.29, 1.82) is 0 Å². The maximum absolute atomic E-state index is 12.4. The Labute approximate surface area is 137 Å². The van der Waals surface area contributed by atoms with Crippen LogP contribution in [-0.4, -0.2) is 63.3 Å². The molecule has 5 heteroatoms. The number of carbonyl (C=O) groups excluding carboxylic acids is 1. The second-order valence-corrected chi connectivity index (χ2v) is 6.94.